The van der Waals surface area contributed by atoms with Gasteiger partial charge < -0.3 is 10.3 Å². The molecular weight excluding hydrogens is 289 g/mol. The molecule has 0 bridgehead atoms. The normalized spacial score (nSPS) is 16.7. The number of aromatic nitrogens is 4. The van der Waals surface area contributed by atoms with Gasteiger partial charge in [0.15, 0.2) is 5.82 Å². The lowest BCUT2D eigenvalue weighted by Crippen LogP contribution is -2.44. The molecule has 0 amide bonds. The molecule has 6 nitrogen and oxygen atoms in total. The van der Waals surface area contributed by atoms with Crippen molar-refractivity contribution in [2.45, 2.75) is 37.8 Å². The molecule has 2 heterocycles. The minimum Gasteiger partial charge on any atom is -0.339 e. The van der Waals surface area contributed by atoms with Crippen LogP contribution in [0.2, 0.25) is 5.02 Å². The summed E-state index contributed by atoms with van der Waals surface area (Å²) in [6.07, 6.45) is 6.98. The molecular formula is C11H15Cl2N5O. The zero-order valence-electron chi connectivity index (χ0n) is 10.3. The minimum atomic E-state index is -0.364. The molecule has 1 aliphatic carbocycles. The van der Waals surface area contributed by atoms with Gasteiger partial charge in [0.1, 0.15) is 0 Å². The topological polar surface area (TPSA) is 82.8 Å². The van der Waals surface area contributed by atoms with E-state index in [4.69, 9.17) is 21.9 Å². The van der Waals surface area contributed by atoms with Crippen LogP contribution in [0.5, 0.6) is 0 Å². The third-order valence-electron chi connectivity index (χ3n) is 3.32. The first-order chi connectivity index (χ1) is 8.66. The van der Waals surface area contributed by atoms with E-state index in [1.807, 2.05) is 0 Å². The van der Waals surface area contributed by atoms with Gasteiger partial charge in [-0.1, -0.05) is 16.8 Å². The molecule has 0 atom stereocenters. The second-order valence-electron chi connectivity index (χ2n) is 4.69. The Hall–Kier alpha value is -1.11. The smallest absolute Gasteiger partial charge is 0.228 e. The standard InChI is InChI=1S/C11H14ClN5O.ClH/c12-8-6-14-17(7-8)5-2-9-15-10(16-18-9)11(13)3-1-4-11;/h6-7H,1-5,13H2;1H. The Morgan fingerprint density at radius 1 is 1.47 bits per heavy atom. The number of hydrogen-bond donors (Lipinski definition) is 1. The Labute approximate surface area is 121 Å². The predicted molar refractivity (Wildman–Crippen MR) is 72.2 cm³/mol. The van der Waals surface area contributed by atoms with Crippen molar-refractivity contribution >= 4 is 24.0 Å². The van der Waals surface area contributed by atoms with Crippen LogP contribution in [-0.2, 0) is 18.5 Å². The molecule has 2 N–H and O–H groups in total. The second kappa shape index (κ2) is 5.48. The molecule has 104 valence electrons. The first-order valence-corrected chi connectivity index (χ1v) is 6.33. The minimum absolute atomic E-state index is 0. The van der Waals surface area contributed by atoms with Gasteiger partial charge in [-0.3, -0.25) is 4.68 Å². The Bertz CT molecular complexity index is 549. The highest BCUT2D eigenvalue weighted by Crippen LogP contribution is 2.36. The highest BCUT2D eigenvalue weighted by atomic mass is 35.5. The molecule has 3 rings (SSSR count). The van der Waals surface area contributed by atoms with Crippen LogP contribution in [0.4, 0.5) is 0 Å². The number of halogens is 2. The van der Waals surface area contributed by atoms with Gasteiger partial charge in [-0.05, 0) is 19.3 Å². The quantitative estimate of drug-likeness (QED) is 0.933. The van der Waals surface area contributed by atoms with Gasteiger partial charge in [0, 0.05) is 19.2 Å². The largest absolute Gasteiger partial charge is 0.339 e. The van der Waals surface area contributed by atoms with Crippen molar-refractivity contribution in [1.29, 1.82) is 0 Å². The fourth-order valence-electron chi connectivity index (χ4n) is 2.01. The van der Waals surface area contributed by atoms with Gasteiger partial charge in [0.2, 0.25) is 5.89 Å². The summed E-state index contributed by atoms with van der Waals surface area (Å²) in [5.41, 5.74) is 5.76. The summed E-state index contributed by atoms with van der Waals surface area (Å²) in [6, 6.07) is 0. The first-order valence-electron chi connectivity index (χ1n) is 5.96. The lowest BCUT2D eigenvalue weighted by molar-refractivity contribution is 0.229. The number of hydrogen-bond acceptors (Lipinski definition) is 5. The van der Waals surface area contributed by atoms with E-state index in [0.717, 1.165) is 19.3 Å². The first kappa shape index (κ1) is 14.3. The zero-order valence-corrected chi connectivity index (χ0v) is 11.8. The Balaban J connectivity index is 0.00000133. The number of nitrogens with zero attached hydrogens (tertiary/aromatic N) is 4. The van der Waals surface area contributed by atoms with E-state index >= 15 is 0 Å². The Morgan fingerprint density at radius 3 is 2.84 bits per heavy atom. The van der Waals surface area contributed by atoms with Gasteiger partial charge >= 0.3 is 0 Å². The van der Waals surface area contributed by atoms with Crippen LogP contribution in [0.1, 0.15) is 31.0 Å². The summed E-state index contributed by atoms with van der Waals surface area (Å²) < 4.78 is 6.94. The number of rotatable bonds is 4. The monoisotopic (exact) mass is 303 g/mol. The van der Waals surface area contributed by atoms with Crippen LogP contribution in [-0.4, -0.2) is 19.9 Å². The molecule has 0 saturated heterocycles. The molecule has 19 heavy (non-hydrogen) atoms. The van der Waals surface area contributed by atoms with Crippen LogP contribution < -0.4 is 5.73 Å². The van der Waals surface area contributed by atoms with Crippen molar-refractivity contribution in [1.82, 2.24) is 19.9 Å². The van der Waals surface area contributed by atoms with Crippen molar-refractivity contribution in [3.05, 3.63) is 29.1 Å². The zero-order chi connectivity index (χ0) is 12.6. The Kier molecular flexibility index (Phi) is 4.13. The van der Waals surface area contributed by atoms with E-state index in [1.54, 1.807) is 17.1 Å². The SMILES string of the molecule is Cl.NC1(c2noc(CCn3cc(Cl)cn3)n2)CCC1. The van der Waals surface area contributed by atoms with Crippen molar-refractivity contribution < 1.29 is 4.52 Å². The van der Waals surface area contributed by atoms with Crippen LogP contribution in [0.15, 0.2) is 16.9 Å². The van der Waals surface area contributed by atoms with Crippen molar-refractivity contribution in [2.75, 3.05) is 0 Å². The van der Waals surface area contributed by atoms with Crippen molar-refractivity contribution in [3.8, 4) is 0 Å². The molecule has 8 heteroatoms. The summed E-state index contributed by atoms with van der Waals surface area (Å²) in [4.78, 5) is 4.35. The maximum absolute atomic E-state index is 6.13. The van der Waals surface area contributed by atoms with Crippen LogP contribution in [0.3, 0.4) is 0 Å². The second-order valence-corrected chi connectivity index (χ2v) is 5.13. The fourth-order valence-corrected chi connectivity index (χ4v) is 2.17. The van der Waals surface area contributed by atoms with Gasteiger partial charge in [0.25, 0.3) is 0 Å². The highest BCUT2D eigenvalue weighted by Gasteiger charge is 2.38. The summed E-state index contributed by atoms with van der Waals surface area (Å²) in [7, 11) is 0. The van der Waals surface area contributed by atoms with Crippen molar-refractivity contribution in [2.24, 2.45) is 5.73 Å². The molecule has 2 aromatic rings. The highest BCUT2D eigenvalue weighted by molar-refractivity contribution is 6.30. The molecule has 0 aliphatic heterocycles. The average molecular weight is 304 g/mol. The summed E-state index contributed by atoms with van der Waals surface area (Å²) in [5, 5.41) is 8.67. The molecule has 1 fully saturated rings. The molecule has 0 aromatic carbocycles. The van der Waals surface area contributed by atoms with E-state index in [-0.39, 0.29) is 17.9 Å². The molecule has 1 aliphatic rings. The van der Waals surface area contributed by atoms with Crippen LogP contribution in [0.25, 0.3) is 0 Å². The third kappa shape index (κ3) is 2.91. The predicted octanol–water partition coefficient (Wildman–Crippen LogP) is 1.92. The van der Waals surface area contributed by atoms with E-state index in [2.05, 4.69) is 15.2 Å². The fraction of sp³-hybridized carbons (Fsp3) is 0.545. The van der Waals surface area contributed by atoms with E-state index < -0.39 is 0 Å². The Morgan fingerprint density at radius 2 is 2.26 bits per heavy atom. The maximum Gasteiger partial charge on any atom is 0.228 e. The maximum atomic E-state index is 6.13. The molecule has 1 saturated carbocycles. The average Bonchev–Trinajstić information content (AvgIpc) is 2.92. The lowest BCUT2D eigenvalue weighted by atomic mass is 9.77. The van der Waals surface area contributed by atoms with Crippen LogP contribution in [0, 0.1) is 0 Å². The van der Waals surface area contributed by atoms with Gasteiger partial charge in [-0.2, -0.15) is 10.1 Å². The number of aryl methyl sites for hydroxylation is 2. The third-order valence-corrected chi connectivity index (χ3v) is 3.51. The van der Waals surface area contributed by atoms with E-state index in [9.17, 15) is 0 Å². The van der Waals surface area contributed by atoms with E-state index in [0.29, 0.717) is 29.7 Å². The molecule has 0 radical (unpaired) electrons. The molecule has 0 unspecified atom stereocenters. The van der Waals surface area contributed by atoms with Gasteiger partial charge in [0.05, 0.1) is 16.8 Å². The van der Waals surface area contributed by atoms with Crippen LogP contribution >= 0.6 is 24.0 Å². The van der Waals surface area contributed by atoms with Gasteiger partial charge in [-0.15, -0.1) is 12.4 Å². The molecule has 2 aromatic heterocycles. The molecule has 0 spiro atoms. The van der Waals surface area contributed by atoms with E-state index in [1.165, 1.54) is 0 Å². The van der Waals surface area contributed by atoms with Gasteiger partial charge in [-0.25, -0.2) is 0 Å². The summed E-state index contributed by atoms with van der Waals surface area (Å²) in [6.45, 7) is 0.659. The number of nitrogens with two attached hydrogens (primary N) is 1. The van der Waals surface area contributed by atoms with Crippen molar-refractivity contribution in [3.63, 3.8) is 0 Å². The summed E-state index contributed by atoms with van der Waals surface area (Å²) in [5.74, 6) is 1.22. The lowest BCUT2D eigenvalue weighted by Gasteiger charge is -2.34. The summed E-state index contributed by atoms with van der Waals surface area (Å²) >= 11 is 5.78.